The molecule has 1 fully saturated rings. The first-order chi connectivity index (χ1) is 16.1. The molecule has 2 heterocycles. The smallest absolute Gasteiger partial charge is 0.254 e. The quantitative estimate of drug-likeness (QED) is 0.419. The normalized spacial score (nSPS) is 15.1. The van der Waals surface area contributed by atoms with Crippen molar-refractivity contribution in [2.75, 3.05) is 13.1 Å². The first-order valence-corrected chi connectivity index (χ1v) is 11.5. The first kappa shape index (κ1) is 21.4. The summed E-state index contributed by atoms with van der Waals surface area (Å²) in [5, 5.41) is 3.86. The molecule has 0 radical (unpaired) electrons. The van der Waals surface area contributed by atoms with Crippen LogP contribution in [0.2, 0.25) is 0 Å². The Morgan fingerprint density at radius 3 is 2.52 bits per heavy atom. The number of H-pyrrole nitrogens is 1. The van der Waals surface area contributed by atoms with Crippen molar-refractivity contribution in [3.63, 3.8) is 0 Å². The van der Waals surface area contributed by atoms with Crippen LogP contribution in [0.15, 0.2) is 72.8 Å². The monoisotopic (exact) mass is 441 g/mol. The molecule has 1 aliphatic heterocycles. The second kappa shape index (κ2) is 9.20. The Balaban J connectivity index is 1.36. The number of carbonyl (C=O) groups excluding carboxylic acids is 1. The number of piperidine rings is 1. The number of hydrogen-bond donors (Lipinski definition) is 2. The van der Waals surface area contributed by atoms with Crippen molar-refractivity contribution in [1.29, 1.82) is 0 Å². The van der Waals surface area contributed by atoms with Gasteiger partial charge in [0.05, 0.1) is 11.3 Å². The molecule has 33 heavy (non-hydrogen) atoms. The van der Waals surface area contributed by atoms with Crippen molar-refractivity contribution in [3.8, 4) is 11.3 Å². The van der Waals surface area contributed by atoms with Gasteiger partial charge in [-0.05, 0) is 49.1 Å². The fourth-order valence-corrected chi connectivity index (χ4v) is 4.79. The zero-order valence-corrected chi connectivity index (χ0v) is 18.8. The molecule has 0 aliphatic carbocycles. The Morgan fingerprint density at radius 2 is 1.76 bits per heavy atom. The molecule has 5 rings (SSSR count). The van der Waals surface area contributed by atoms with Crippen LogP contribution < -0.4 is 5.32 Å². The summed E-state index contributed by atoms with van der Waals surface area (Å²) in [6, 6.07) is 23.1. The lowest BCUT2D eigenvalue weighted by atomic mass is 9.99. The predicted molar refractivity (Wildman–Crippen MR) is 131 cm³/mol. The van der Waals surface area contributed by atoms with Crippen LogP contribution in [0.25, 0.3) is 22.2 Å². The molecule has 4 nitrogen and oxygen atoms in total. The van der Waals surface area contributed by atoms with Gasteiger partial charge in [-0.3, -0.25) is 9.69 Å². The minimum absolute atomic E-state index is 0.104. The van der Waals surface area contributed by atoms with Crippen LogP contribution in [0, 0.1) is 12.7 Å². The van der Waals surface area contributed by atoms with Crippen molar-refractivity contribution in [2.45, 2.75) is 32.4 Å². The highest BCUT2D eigenvalue weighted by Crippen LogP contribution is 2.33. The van der Waals surface area contributed by atoms with E-state index in [9.17, 15) is 9.18 Å². The predicted octanol–water partition coefficient (Wildman–Crippen LogP) is 5.68. The van der Waals surface area contributed by atoms with E-state index in [4.69, 9.17) is 0 Å². The van der Waals surface area contributed by atoms with E-state index in [1.54, 1.807) is 6.07 Å². The van der Waals surface area contributed by atoms with Crippen LogP contribution in [-0.4, -0.2) is 34.9 Å². The third-order valence-electron chi connectivity index (χ3n) is 6.57. The van der Waals surface area contributed by atoms with E-state index in [0.29, 0.717) is 10.9 Å². The van der Waals surface area contributed by atoms with E-state index in [2.05, 4.69) is 39.5 Å². The average molecular weight is 442 g/mol. The van der Waals surface area contributed by atoms with Crippen LogP contribution in [0.3, 0.4) is 0 Å². The van der Waals surface area contributed by atoms with Gasteiger partial charge in [-0.1, -0.05) is 54.6 Å². The molecule has 2 N–H and O–H groups in total. The highest BCUT2D eigenvalue weighted by Gasteiger charge is 2.25. The molecule has 1 aromatic heterocycles. The van der Waals surface area contributed by atoms with E-state index in [-0.39, 0.29) is 17.8 Å². The number of aryl methyl sites for hydroxylation is 1. The molecule has 3 aromatic carbocycles. The number of aromatic nitrogens is 1. The summed E-state index contributed by atoms with van der Waals surface area (Å²) in [5.41, 5.74) is 5.35. The van der Waals surface area contributed by atoms with Crippen LogP contribution in [0.1, 0.15) is 34.3 Å². The number of fused-ring (bicyclic) bond motifs is 1. The number of rotatable bonds is 5. The molecule has 5 heteroatoms. The van der Waals surface area contributed by atoms with E-state index < -0.39 is 0 Å². The van der Waals surface area contributed by atoms with Crippen LogP contribution >= 0.6 is 0 Å². The van der Waals surface area contributed by atoms with Crippen molar-refractivity contribution in [2.24, 2.45) is 0 Å². The highest BCUT2D eigenvalue weighted by atomic mass is 19.1. The lowest BCUT2D eigenvalue weighted by Crippen LogP contribution is -2.44. The number of carbonyl (C=O) groups is 1. The van der Waals surface area contributed by atoms with Gasteiger partial charge in [-0.25, -0.2) is 4.39 Å². The topological polar surface area (TPSA) is 48.1 Å². The number of hydrogen-bond acceptors (Lipinski definition) is 2. The van der Waals surface area contributed by atoms with Gasteiger partial charge in [-0.15, -0.1) is 0 Å². The summed E-state index contributed by atoms with van der Waals surface area (Å²) >= 11 is 0. The minimum Gasteiger partial charge on any atom is -0.354 e. The third kappa shape index (κ3) is 4.55. The Kier molecular flexibility index (Phi) is 5.97. The number of nitrogens with zero attached hydrogens (tertiary/aromatic N) is 1. The van der Waals surface area contributed by atoms with Crippen LogP contribution in [-0.2, 0) is 6.54 Å². The summed E-state index contributed by atoms with van der Waals surface area (Å²) < 4.78 is 14.1. The zero-order valence-electron chi connectivity index (χ0n) is 18.8. The molecule has 1 aliphatic rings. The molecule has 1 amide bonds. The molecule has 0 atom stereocenters. The summed E-state index contributed by atoms with van der Waals surface area (Å²) in [7, 11) is 0. The number of nitrogens with one attached hydrogen (secondary N) is 2. The summed E-state index contributed by atoms with van der Waals surface area (Å²) in [6.07, 6.45) is 1.80. The number of benzene rings is 3. The van der Waals surface area contributed by atoms with Crippen LogP contribution in [0.5, 0.6) is 0 Å². The van der Waals surface area contributed by atoms with Gasteiger partial charge >= 0.3 is 0 Å². The van der Waals surface area contributed by atoms with Crippen molar-refractivity contribution >= 4 is 16.8 Å². The highest BCUT2D eigenvalue weighted by molar-refractivity contribution is 6.12. The van der Waals surface area contributed by atoms with Gasteiger partial charge < -0.3 is 10.3 Å². The fourth-order valence-electron chi connectivity index (χ4n) is 4.79. The Morgan fingerprint density at radius 1 is 1.03 bits per heavy atom. The van der Waals surface area contributed by atoms with Crippen LogP contribution in [0.4, 0.5) is 4.39 Å². The van der Waals surface area contributed by atoms with Gasteiger partial charge in [-0.2, -0.15) is 0 Å². The Labute approximate surface area is 193 Å². The maximum absolute atomic E-state index is 14.1. The number of aromatic amines is 1. The standard InChI is InChI=1S/C28H28FN3O/c1-19-7-5-6-10-23(19)27-26(24-17-21(29)11-12-25(24)31-27)28(33)30-22-13-15-32(16-14-22)18-20-8-3-2-4-9-20/h2-12,17,22,31H,13-16,18H2,1H3,(H,30,33). The summed E-state index contributed by atoms with van der Waals surface area (Å²) in [6.45, 7) is 4.83. The molecule has 0 bridgehead atoms. The number of amides is 1. The van der Waals surface area contributed by atoms with Gasteiger partial charge in [0.25, 0.3) is 5.91 Å². The Hall–Kier alpha value is -3.44. The average Bonchev–Trinajstić information content (AvgIpc) is 3.20. The summed E-state index contributed by atoms with van der Waals surface area (Å²) in [4.78, 5) is 19.3. The molecular weight excluding hydrogens is 413 g/mol. The van der Waals surface area contributed by atoms with Gasteiger partial charge in [0.2, 0.25) is 0 Å². The molecule has 0 spiro atoms. The fraction of sp³-hybridized carbons (Fsp3) is 0.250. The lowest BCUT2D eigenvalue weighted by Gasteiger charge is -2.32. The summed E-state index contributed by atoms with van der Waals surface area (Å²) in [5.74, 6) is -0.493. The molecule has 0 unspecified atom stereocenters. The molecule has 1 saturated heterocycles. The zero-order chi connectivity index (χ0) is 22.8. The minimum atomic E-state index is -0.346. The van der Waals surface area contributed by atoms with E-state index >= 15 is 0 Å². The maximum Gasteiger partial charge on any atom is 0.254 e. The second-order valence-corrected chi connectivity index (χ2v) is 8.89. The van der Waals surface area contributed by atoms with Crippen molar-refractivity contribution in [3.05, 3.63) is 95.3 Å². The largest absolute Gasteiger partial charge is 0.354 e. The SMILES string of the molecule is Cc1ccccc1-c1[nH]c2ccc(F)cc2c1C(=O)NC1CCN(Cc2ccccc2)CC1. The lowest BCUT2D eigenvalue weighted by molar-refractivity contribution is 0.0911. The molecule has 168 valence electrons. The number of halogens is 1. The number of likely N-dealkylation sites (tertiary alicyclic amines) is 1. The van der Waals surface area contributed by atoms with E-state index in [1.807, 2.05) is 37.3 Å². The van der Waals surface area contributed by atoms with Gasteiger partial charge in [0.1, 0.15) is 5.82 Å². The third-order valence-corrected chi connectivity index (χ3v) is 6.57. The van der Waals surface area contributed by atoms with E-state index in [0.717, 1.165) is 54.8 Å². The Bertz CT molecular complexity index is 1270. The second-order valence-electron chi connectivity index (χ2n) is 8.89. The van der Waals surface area contributed by atoms with E-state index in [1.165, 1.54) is 17.7 Å². The van der Waals surface area contributed by atoms with Crippen molar-refractivity contribution in [1.82, 2.24) is 15.2 Å². The van der Waals surface area contributed by atoms with Crippen molar-refractivity contribution < 1.29 is 9.18 Å². The molecule has 4 aromatic rings. The molecule has 0 saturated carbocycles. The maximum atomic E-state index is 14.1. The first-order valence-electron chi connectivity index (χ1n) is 11.5. The molecular formula is C28H28FN3O. The van der Waals surface area contributed by atoms with Gasteiger partial charge in [0.15, 0.2) is 0 Å². The van der Waals surface area contributed by atoms with Gasteiger partial charge in [0, 0.05) is 42.1 Å².